The standard InChI is InChI=1S/C12H19NOSi/c1-12(2,3)15-10-7-5-9(6-8-10)11(14)13-4/h5-8H,15H2,1-4H3,(H,13,14). The van der Waals surface area contributed by atoms with Gasteiger partial charge in [0.1, 0.15) is 0 Å². The summed E-state index contributed by atoms with van der Waals surface area (Å²) in [4.78, 5) is 11.3. The van der Waals surface area contributed by atoms with Gasteiger partial charge in [-0.15, -0.1) is 0 Å². The third-order valence-corrected chi connectivity index (χ3v) is 4.12. The maximum atomic E-state index is 11.3. The number of benzene rings is 1. The van der Waals surface area contributed by atoms with Crippen molar-refractivity contribution in [1.29, 1.82) is 0 Å². The lowest BCUT2D eigenvalue weighted by atomic mass is 10.2. The SMILES string of the molecule is CNC(=O)c1ccc([SiH2]C(C)(C)C)cc1. The third-order valence-electron chi connectivity index (χ3n) is 2.18. The second-order valence-corrected chi connectivity index (χ2v) is 8.30. The molecule has 0 saturated carbocycles. The Balaban J connectivity index is 2.77. The molecule has 82 valence electrons. The molecule has 0 heterocycles. The number of nitrogens with one attached hydrogen (secondary N) is 1. The molecular formula is C12H19NOSi. The fourth-order valence-electron chi connectivity index (χ4n) is 1.53. The van der Waals surface area contributed by atoms with Crippen molar-refractivity contribution in [2.24, 2.45) is 0 Å². The summed E-state index contributed by atoms with van der Waals surface area (Å²) in [6, 6.07) is 7.99. The van der Waals surface area contributed by atoms with Crippen LogP contribution in [0.2, 0.25) is 5.04 Å². The van der Waals surface area contributed by atoms with Gasteiger partial charge in [0.15, 0.2) is 0 Å². The molecule has 1 N–H and O–H groups in total. The summed E-state index contributed by atoms with van der Waals surface area (Å²) in [5.41, 5.74) is 0.740. The Bertz CT molecular complexity index is 338. The Hall–Kier alpha value is -1.09. The van der Waals surface area contributed by atoms with Crippen LogP contribution in [-0.4, -0.2) is 22.5 Å². The van der Waals surface area contributed by atoms with Crippen molar-refractivity contribution < 1.29 is 4.79 Å². The molecule has 3 heteroatoms. The van der Waals surface area contributed by atoms with Crippen molar-refractivity contribution in [1.82, 2.24) is 5.32 Å². The molecule has 0 aliphatic heterocycles. The average molecular weight is 221 g/mol. The minimum atomic E-state index is -0.252. The number of hydrogen-bond acceptors (Lipinski definition) is 1. The predicted octanol–water partition coefficient (Wildman–Crippen LogP) is 1.06. The fourth-order valence-corrected chi connectivity index (χ4v) is 3.23. The maximum Gasteiger partial charge on any atom is 0.251 e. The van der Waals surface area contributed by atoms with Crippen molar-refractivity contribution in [2.75, 3.05) is 7.05 Å². The molecule has 0 unspecified atom stereocenters. The number of amides is 1. The molecule has 0 fully saturated rings. The molecule has 1 rings (SSSR count). The van der Waals surface area contributed by atoms with Gasteiger partial charge < -0.3 is 5.32 Å². The van der Waals surface area contributed by atoms with Crippen LogP contribution in [0.3, 0.4) is 0 Å². The van der Waals surface area contributed by atoms with E-state index in [1.54, 1.807) is 7.05 Å². The molecule has 0 spiro atoms. The lowest BCUT2D eigenvalue weighted by molar-refractivity contribution is 0.0963. The monoisotopic (exact) mass is 221 g/mol. The highest BCUT2D eigenvalue weighted by atomic mass is 28.2. The summed E-state index contributed by atoms with van der Waals surface area (Å²) in [7, 11) is 1.40. The van der Waals surface area contributed by atoms with Gasteiger partial charge in [-0.1, -0.05) is 38.1 Å². The molecule has 1 amide bonds. The van der Waals surface area contributed by atoms with Crippen LogP contribution in [0.5, 0.6) is 0 Å². The van der Waals surface area contributed by atoms with E-state index in [-0.39, 0.29) is 15.4 Å². The van der Waals surface area contributed by atoms with Gasteiger partial charge in [0.2, 0.25) is 0 Å². The van der Waals surface area contributed by atoms with Gasteiger partial charge in [0.05, 0.1) is 9.52 Å². The van der Waals surface area contributed by atoms with Crippen molar-refractivity contribution in [3.63, 3.8) is 0 Å². The highest BCUT2D eigenvalue weighted by Gasteiger charge is 2.12. The first-order valence-electron chi connectivity index (χ1n) is 5.23. The first-order chi connectivity index (χ1) is 6.92. The first kappa shape index (κ1) is 12.0. The lowest BCUT2D eigenvalue weighted by Crippen LogP contribution is -2.24. The van der Waals surface area contributed by atoms with Crippen LogP contribution in [0, 0.1) is 0 Å². The summed E-state index contributed by atoms with van der Waals surface area (Å²) in [6.45, 7) is 6.81. The number of carbonyl (C=O) groups is 1. The highest BCUT2D eigenvalue weighted by molar-refractivity contribution is 6.56. The third kappa shape index (κ3) is 3.87. The Morgan fingerprint density at radius 3 is 2.13 bits per heavy atom. The van der Waals surface area contributed by atoms with E-state index in [4.69, 9.17) is 0 Å². The van der Waals surface area contributed by atoms with E-state index in [2.05, 4.69) is 38.2 Å². The lowest BCUT2D eigenvalue weighted by Gasteiger charge is -2.17. The number of rotatable bonds is 2. The van der Waals surface area contributed by atoms with E-state index in [1.165, 1.54) is 5.19 Å². The van der Waals surface area contributed by atoms with E-state index in [0.29, 0.717) is 5.04 Å². The maximum absolute atomic E-state index is 11.3. The van der Waals surface area contributed by atoms with Gasteiger partial charge in [-0.05, 0) is 17.2 Å². The molecule has 0 aliphatic rings. The Kier molecular flexibility index (Phi) is 3.69. The Morgan fingerprint density at radius 2 is 1.73 bits per heavy atom. The van der Waals surface area contributed by atoms with Crippen LogP contribution in [0.25, 0.3) is 0 Å². The topological polar surface area (TPSA) is 29.1 Å². The zero-order valence-electron chi connectivity index (χ0n) is 9.92. The number of carbonyl (C=O) groups excluding carboxylic acids is 1. The summed E-state index contributed by atoms with van der Waals surface area (Å²) in [6.07, 6.45) is 0. The molecule has 1 aromatic rings. The summed E-state index contributed by atoms with van der Waals surface area (Å²) in [5, 5.41) is 4.46. The van der Waals surface area contributed by atoms with Gasteiger partial charge in [-0.2, -0.15) is 0 Å². The average Bonchev–Trinajstić information content (AvgIpc) is 2.15. The van der Waals surface area contributed by atoms with Crippen LogP contribution in [-0.2, 0) is 0 Å². The Labute approximate surface area is 93.9 Å². The minimum absolute atomic E-state index is 0.0148. The summed E-state index contributed by atoms with van der Waals surface area (Å²) >= 11 is 0. The largest absolute Gasteiger partial charge is 0.355 e. The molecule has 0 bridgehead atoms. The zero-order chi connectivity index (χ0) is 11.5. The molecule has 0 aromatic heterocycles. The Morgan fingerprint density at radius 1 is 1.20 bits per heavy atom. The van der Waals surface area contributed by atoms with E-state index in [0.717, 1.165) is 5.56 Å². The van der Waals surface area contributed by atoms with Crippen molar-refractivity contribution >= 4 is 20.6 Å². The van der Waals surface area contributed by atoms with Gasteiger partial charge in [-0.25, -0.2) is 0 Å². The summed E-state index contributed by atoms with van der Waals surface area (Å²) < 4.78 is 0. The predicted molar refractivity (Wildman–Crippen MR) is 67.7 cm³/mol. The normalized spacial score (nSPS) is 12.0. The van der Waals surface area contributed by atoms with Crippen LogP contribution >= 0.6 is 0 Å². The second kappa shape index (κ2) is 4.62. The van der Waals surface area contributed by atoms with Crippen LogP contribution in [0.15, 0.2) is 24.3 Å². The van der Waals surface area contributed by atoms with Gasteiger partial charge >= 0.3 is 0 Å². The van der Waals surface area contributed by atoms with Crippen molar-refractivity contribution in [3.8, 4) is 0 Å². The molecule has 1 aromatic carbocycles. The number of hydrogen-bond donors (Lipinski definition) is 1. The van der Waals surface area contributed by atoms with E-state index in [1.807, 2.05) is 12.1 Å². The quantitative estimate of drug-likeness (QED) is 0.743. The minimum Gasteiger partial charge on any atom is -0.355 e. The molecular weight excluding hydrogens is 202 g/mol. The molecule has 0 saturated heterocycles. The highest BCUT2D eigenvalue weighted by Crippen LogP contribution is 2.19. The summed E-state index contributed by atoms with van der Waals surface area (Å²) in [5.74, 6) is -0.0148. The van der Waals surface area contributed by atoms with Gasteiger partial charge in [0, 0.05) is 12.6 Å². The fraction of sp³-hybridized carbons (Fsp3) is 0.417. The molecule has 2 nitrogen and oxygen atoms in total. The van der Waals surface area contributed by atoms with E-state index >= 15 is 0 Å². The van der Waals surface area contributed by atoms with Gasteiger partial charge in [0.25, 0.3) is 5.91 Å². The molecule has 0 atom stereocenters. The second-order valence-electron chi connectivity index (χ2n) is 5.01. The first-order valence-corrected chi connectivity index (χ1v) is 6.65. The molecule has 0 aliphatic carbocycles. The van der Waals surface area contributed by atoms with E-state index < -0.39 is 0 Å². The zero-order valence-corrected chi connectivity index (χ0v) is 11.3. The molecule has 15 heavy (non-hydrogen) atoms. The van der Waals surface area contributed by atoms with Crippen LogP contribution < -0.4 is 10.5 Å². The van der Waals surface area contributed by atoms with Crippen LogP contribution in [0.1, 0.15) is 31.1 Å². The smallest absolute Gasteiger partial charge is 0.251 e. The molecule has 0 radical (unpaired) electrons. The van der Waals surface area contributed by atoms with Gasteiger partial charge in [-0.3, -0.25) is 4.79 Å². The van der Waals surface area contributed by atoms with Crippen molar-refractivity contribution in [3.05, 3.63) is 29.8 Å². The van der Waals surface area contributed by atoms with Crippen molar-refractivity contribution in [2.45, 2.75) is 25.8 Å². The van der Waals surface area contributed by atoms with E-state index in [9.17, 15) is 4.79 Å². The van der Waals surface area contributed by atoms with Crippen LogP contribution in [0.4, 0.5) is 0 Å².